The maximum atomic E-state index is 12.2. The van der Waals surface area contributed by atoms with Crippen molar-refractivity contribution < 1.29 is 34.1 Å². The first-order chi connectivity index (χ1) is 16.1. The van der Waals surface area contributed by atoms with Gasteiger partial charge >= 0.3 is 5.97 Å². The number of imidazole rings is 1. The van der Waals surface area contributed by atoms with Crippen molar-refractivity contribution in [2.45, 2.75) is 38.8 Å². The van der Waals surface area contributed by atoms with Gasteiger partial charge < -0.3 is 41.6 Å². The number of aromatic amines is 1. The van der Waals surface area contributed by atoms with Crippen LogP contribution >= 0.6 is 11.8 Å². The van der Waals surface area contributed by atoms with Gasteiger partial charge in [0.25, 0.3) is 5.24 Å². The molecule has 0 aliphatic rings. The van der Waals surface area contributed by atoms with E-state index in [0.717, 1.165) is 17.5 Å². The van der Waals surface area contributed by atoms with E-state index < -0.39 is 36.0 Å². The molecule has 192 valence electrons. The third-order valence-corrected chi connectivity index (χ3v) is 5.42. The number of nitrogens with one attached hydrogen (secondary N) is 4. The molecule has 0 radical (unpaired) electrons. The van der Waals surface area contributed by atoms with E-state index in [1.54, 1.807) is 12.5 Å². The number of H-pyrrole nitrogens is 1. The molecule has 1 heterocycles. The van der Waals surface area contributed by atoms with Crippen LogP contribution < -0.4 is 21.7 Å². The lowest BCUT2D eigenvalue weighted by Crippen LogP contribution is -2.47. The third kappa shape index (κ3) is 11.4. The second kappa shape index (κ2) is 15.3. The molecule has 2 atom stereocenters. The quantitative estimate of drug-likeness (QED) is 0.106. The topological polar surface area (TPSA) is 209 Å². The fourth-order valence-corrected chi connectivity index (χ4v) is 3.06. The number of thioether (sulfide) groups is 1. The van der Waals surface area contributed by atoms with Crippen LogP contribution in [0.4, 0.5) is 4.79 Å². The van der Waals surface area contributed by atoms with Crippen LogP contribution in [0.3, 0.4) is 0 Å². The predicted molar refractivity (Wildman–Crippen MR) is 125 cm³/mol. The SMILES string of the molecule is CC(C)(COC(=O)[C@@H](N)CO)[C@@H](O)C(=O)NCCC(=O)NCCSC(=O)NCCc1cnc[nH]1. The Labute approximate surface area is 202 Å². The van der Waals surface area contributed by atoms with Gasteiger partial charge in [-0.25, -0.2) is 4.98 Å². The van der Waals surface area contributed by atoms with Gasteiger partial charge in [0.2, 0.25) is 11.8 Å². The summed E-state index contributed by atoms with van der Waals surface area (Å²) in [5.74, 6) is -1.49. The van der Waals surface area contributed by atoms with Crippen molar-refractivity contribution in [1.82, 2.24) is 25.9 Å². The van der Waals surface area contributed by atoms with Crippen LogP contribution in [0.25, 0.3) is 0 Å². The largest absolute Gasteiger partial charge is 0.464 e. The number of aromatic nitrogens is 2. The van der Waals surface area contributed by atoms with E-state index in [4.69, 9.17) is 15.6 Å². The van der Waals surface area contributed by atoms with Crippen LogP contribution in [0.5, 0.6) is 0 Å². The standard InChI is InChI=1S/C20H34N6O7S/c1-20(2,11-33-18(31)14(21)10-27)16(29)17(30)24-6-4-15(28)23-7-8-34-19(32)25-5-3-13-9-22-12-26-13/h9,12,14,16,27,29H,3-8,10-11,21H2,1-2H3,(H,22,26)(H,23,28)(H,24,30)(H,25,32)/t14-,16-/m0/s1. The van der Waals surface area contributed by atoms with Gasteiger partial charge in [0.1, 0.15) is 12.1 Å². The average molecular weight is 503 g/mol. The molecule has 0 fully saturated rings. The molecule has 0 saturated heterocycles. The van der Waals surface area contributed by atoms with Gasteiger partial charge in [-0.3, -0.25) is 19.2 Å². The highest BCUT2D eigenvalue weighted by molar-refractivity contribution is 8.13. The Morgan fingerprint density at radius 3 is 2.59 bits per heavy atom. The van der Waals surface area contributed by atoms with Gasteiger partial charge in [0, 0.05) is 55.5 Å². The minimum absolute atomic E-state index is 0.00574. The number of hydrogen-bond donors (Lipinski definition) is 7. The monoisotopic (exact) mass is 502 g/mol. The molecule has 1 rings (SSSR count). The first-order valence-electron chi connectivity index (χ1n) is 10.7. The third-order valence-electron chi connectivity index (χ3n) is 4.60. The molecule has 8 N–H and O–H groups in total. The fourth-order valence-electron chi connectivity index (χ4n) is 2.46. The van der Waals surface area contributed by atoms with E-state index in [1.165, 1.54) is 13.8 Å². The summed E-state index contributed by atoms with van der Waals surface area (Å²) in [4.78, 5) is 54.1. The van der Waals surface area contributed by atoms with Gasteiger partial charge in [0.05, 0.1) is 19.5 Å². The van der Waals surface area contributed by atoms with E-state index >= 15 is 0 Å². The number of rotatable bonds is 15. The zero-order valence-corrected chi connectivity index (χ0v) is 20.2. The number of aliphatic hydroxyl groups excluding tert-OH is 2. The lowest BCUT2D eigenvalue weighted by Gasteiger charge is -2.29. The van der Waals surface area contributed by atoms with Gasteiger partial charge in [-0.15, -0.1) is 0 Å². The summed E-state index contributed by atoms with van der Waals surface area (Å²) in [6.45, 7) is 2.92. The zero-order chi connectivity index (χ0) is 25.6. The van der Waals surface area contributed by atoms with Crippen LogP contribution in [0, 0.1) is 5.41 Å². The van der Waals surface area contributed by atoms with Gasteiger partial charge in [-0.05, 0) is 0 Å². The molecule has 14 heteroatoms. The first-order valence-corrected chi connectivity index (χ1v) is 11.7. The van der Waals surface area contributed by atoms with Crippen molar-refractivity contribution in [3.63, 3.8) is 0 Å². The molecule has 0 unspecified atom stereocenters. The highest BCUT2D eigenvalue weighted by atomic mass is 32.2. The summed E-state index contributed by atoms with van der Waals surface area (Å²) >= 11 is 1.05. The van der Waals surface area contributed by atoms with Gasteiger partial charge in [0.15, 0.2) is 0 Å². The van der Waals surface area contributed by atoms with Crippen molar-refractivity contribution in [1.29, 1.82) is 0 Å². The Kier molecular flexibility index (Phi) is 13.2. The Bertz CT molecular complexity index is 790. The predicted octanol–water partition coefficient (Wildman–Crippen LogP) is -1.73. The van der Waals surface area contributed by atoms with Crippen LogP contribution in [-0.4, -0.2) is 94.0 Å². The lowest BCUT2D eigenvalue weighted by molar-refractivity contribution is -0.155. The van der Waals surface area contributed by atoms with E-state index in [0.29, 0.717) is 18.7 Å². The molecule has 0 aliphatic carbocycles. The van der Waals surface area contributed by atoms with E-state index in [2.05, 4.69) is 25.9 Å². The van der Waals surface area contributed by atoms with Crippen molar-refractivity contribution >= 4 is 34.8 Å². The summed E-state index contributed by atoms with van der Waals surface area (Å²) < 4.78 is 4.92. The molecule has 3 amide bonds. The molecule has 0 bridgehead atoms. The summed E-state index contributed by atoms with van der Waals surface area (Å²) in [5, 5.41) is 26.7. The highest BCUT2D eigenvalue weighted by Crippen LogP contribution is 2.21. The summed E-state index contributed by atoms with van der Waals surface area (Å²) in [6, 6.07) is -1.19. The average Bonchev–Trinajstić information content (AvgIpc) is 3.32. The maximum absolute atomic E-state index is 12.2. The second-order valence-electron chi connectivity index (χ2n) is 8.07. The molecule has 0 aliphatic heterocycles. The highest BCUT2D eigenvalue weighted by Gasteiger charge is 2.35. The molecule has 0 saturated carbocycles. The van der Waals surface area contributed by atoms with Gasteiger partial charge in [-0.2, -0.15) is 0 Å². The van der Waals surface area contributed by atoms with E-state index in [-0.39, 0.29) is 37.3 Å². The molecule has 1 aromatic heterocycles. The Hall–Kier alpha value is -2.68. The van der Waals surface area contributed by atoms with E-state index in [9.17, 15) is 24.3 Å². The van der Waals surface area contributed by atoms with Crippen LogP contribution in [0.15, 0.2) is 12.5 Å². The number of ether oxygens (including phenoxy) is 1. The van der Waals surface area contributed by atoms with Crippen LogP contribution in [-0.2, 0) is 25.5 Å². The van der Waals surface area contributed by atoms with E-state index in [1.807, 2.05) is 0 Å². The smallest absolute Gasteiger partial charge is 0.325 e. The summed E-state index contributed by atoms with van der Waals surface area (Å²) in [7, 11) is 0. The number of carbonyl (C=O) groups is 4. The summed E-state index contributed by atoms with van der Waals surface area (Å²) in [6.07, 6.45) is 2.38. The normalized spacial score (nSPS) is 13.0. The number of amides is 3. The zero-order valence-electron chi connectivity index (χ0n) is 19.3. The lowest BCUT2D eigenvalue weighted by atomic mass is 9.87. The molecular weight excluding hydrogens is 468 g/mol. The van der Waals surface area contributed by atoms with Crippen molar-refractivity contribution in [3.8, 4) is 0 Å². The molecule has 34 heavy (non-hydrogen) atoms. The molecule has 13 nitrogen and oxygen atoms in total. The molecule has 0 aromatic carbocycles. The number of hydrogen-bond acceptors (Lipinski definition) is 10. The van der Waals surface area contributed by atoms with Crippen LogP contribution in [0.2, 0.25) is 0 Å². The molecular formula is C20H34N6O7S. The van der Waals surface area contributed by atoms with Crippen molar-refractivity contribution in [3.05, 3.63) is 18.2 Å². The number of aliphatic hydroxyl groups is 2. The van der Waals surface area contributed by atoms with Crippen molar-refractivity contribution in [2.24, 2.45) is 11.1 Å². The number of esters is 1. The second-order valence-corrected chi connectivity index (χ2v) is 9.14. The number of nitrogens with two attached hydrogens (primary N) is 1. The minimum atomic E-state index is -1.50. The Balaban J connectivity index is 2.15. The van der Waals surface area contributed by atoms with Crippen LogP contribution in [0.1, 0.15) is 26.0 Å². The number of nitrogens with zero attached hydrogens (tertiary/aromatic N) is 1. The fraction of sp³-hybridized carbons (Fsp3) is 0.650. The maximum Gasteiger partial charge on any atom is 0.325 e. The van der Waals surface area contributed by atoms with Gasteiger partial charge in [-0.1, -0.05) is 25.6 Å². The molecule has 1 aromatic rings. The summed E-state index contributed by atoms with van der Waals surface area (Å²) in [5.41, 5.74) is 5.15. The minimum Gasteiger partial charge on any atom is -0.464 e. The van der Waals surface area contributed by atoms with Crippen molar-refractivity contribution in [2.75, 3.05) is 38.6 Å². The molecule has 0 spiro atoms. The Morgan fingerprint density at radius 2 is 1.94 bits per heavy atom. The Morgan fingerprint density at radius 1 is 1.21 bits per heavy atom. The first kappa shape index (κ1) is 29.4. The number of carbonyl (C=O) groups excluding carboxylic acids is 4.